The van der Waals surface area contributed by atoms with Crippen LogP contribution >= 0.6 is 0 Å². The number of amides is 1. The highest BCUT2D eigenvalue weighted by molar-refractivity contribution is 6.32. The predicted molar refractivity (Wildman–Crippen MR) is 83.0 cm³/mol. The van der Waals surface area contributed by atoms with E-state index in [0.717, 1.165) is 5.56 Å². The molecule has 1 rings (SSSR count). The van der Waals surface area contributed by atoms with Gasteiger partial charge in [-0.25, -0.2) is 4.79 Å². The molecule has 0 aliphatic heterocycles. The first-order valence-corrected chi connectivity index (χ1v) is 7.37. The Hall–Kier alpha value is -1.92. The van der Waals surface area contributed by atoms with Gasteiger partial charge < -0.3 is 20.1 Å². The predicted octanol–water partition coefficient (Wildman–Crippen LogP) is 0.942. The molecule has 2 N–H and O–H groups in total. The molecule has 1 aromatic carbocycles. The molecule has 0 spiro atoms. The van der Waals surface area contributed by atoms with Gasteiger partial charge in [0.1, 0.15) is 0 Å². The molecule has 1 aromatic rings. The fourth-order valence-corrected chi connectivity index (χ4v) is 1.88. The molecule has 0 radical (unpaired) electrons. The first kappa shape index (κ1) is 18.1. The second-order valence-electron chi connectivity index (χ2n) is 4.99. The highest BCUT2D eigenvalue weighted by atomic mass is 16.5. The summed E-state index contributed by atoms with van der Waals surface area (Å²) in [5, 5.41) is 0. The quantitative estimate of drug-likeness (QED) is 0.439. The van der Waals surface area contributed by atoms with Crippen LogP contribution in [0.4, 0.5) is 0 Å². The number of carbonyl (C=O) groups is 2. The van der Waals surface area contributed by atoms with E-state index in [0.29, 0.717) is 19.8 Å². The molecule has 0 unspecified atom stereocenters. The molecule has 0 aromatic heterocycles. The van der Waals surface area contributed by atoms with Gasteiger partial charge in [0.05, 0.1) is 19.8 Å². The monoisotopic (exact) mass is 308 g/mol. The Labute approximate surface area is 131 Å². The first-order valence-electron chi connectivity index (χ1n) is 7.37. The smallest absolute Gasteiger partial charge is 0.397 e. The van der Waals surface area contributed by atoms with Crippen molar-refractivity contribution in [2.24, 2.45) is 5.73 Å². The SMILES string of the molecule is CCOC(=O)C(=O)N(CCOCc1ccccc1)C[C@H](C)N. The van der Waals surface area contributed by atoms with E-state index >= 15 is 0 Å². The van der Waals surface area contributed by atoms with Crippen molar-refractivity contribution in [3.05, 3.63) is 35.9 Å². The normalized spacial score (nSPS) is 11.8. The summed E-state index contributed by atoms with van der Waals surface area (Å²) in [4.78, 5) is 24.9. The Kier molecular flexibility index (Phi) is 8.17. The van der Waals surface area contributed by atoms with Crippen LogP contribution in [0.1, 0.15) is 19.4 Å². The lowest BCUT2D eigenvalue weighted by Crippen LogP contribution is -2.45. The van der Waals surface area contributed by atoms with Crippen LogP contribution in [0.25, 0.3) is 0 Å². The summed E-state index contributed by atoms with van der Waals surface area (Å²) in [6.07, 6.45) is 0. The lowest BCUT2D eigenvalue weighted by molar-refractivity contribution is -0.160. The number of ether oxygens (including phenoxy) is 2. The third-order valence-corrected chi connectivity index (χ3v) is 2.86. The molecule has 0 aliphatic rings. The minimum absolute atomic E-state index is 0.168. The summed E-state index contributed by atoms with van der Waals surface area (Å²) in [6, 6.07) is 9.50. The van der Waals surface area contributed by atoms with E-state index in [1.807, 2.05) is 30.3 Å². The summed E-state index contributed by atoms with van der Waals surface area (Å²) in [5.41, 5.74) is 6.77. The van der Waals surface area contributed by atoms with E-state index in [4.69, 9.17) is 15.2 Å². The van der Waals surface area contributed by atoms with E-state index in [9.17, 15) is 9.59 Å². The molecule has 0 saturated carbocycles. The molecule has 1 atom stereocenters. The lowest BCUT2D eigenvalue weighted by Gasteiger charge is -2.23. The van der Waals surface area contributed by atoms with Gasteiger partial charge in [-0.2, -0.15) is 0 Å². The average Bonchev–Trinajstić information content (AvgIpc) is 2.50. The number of benzene rings is 1. The van der Waals surface area contributed by atoms with Crippen molar-refractivity contribution >= 4 is 11.9 Å². The molecule has 0 heterocycles. The Morgan fingerprint density at radius 3 is 2.55 bits per heavy atom. The Morgan fingerprint density at radius 1 is 1.27 bits per heavy atom. The minimum Gasteiger partial charge on any atom is -0.459 e. The molecule has 0 saturated heterocycles. The maximum atomic E-state index is 12.0. The van der Waals surface area contributed by atoms with Gasteiger partial charge in [0.2, 0.25) is 0 Å². The van der Waals surface area contributed by atoms with Gasteiger partial charge in [-0.15, -0.1) is 0 Å². The van der Waals surface area contributed by atoms with Gasteiger partial charge >= 0.3 is 11.9 Å². The zero-order valence-electron chi connectivity index (χ0n) is 13.2. The zero-order chi connectivity index (χ0) is 16.4. The summed E-state index contributed by atoms with van der Waals surface area (Å²) in [7, 11) is 0. The summed E-state index contributed by atoms with van der Waals surface area (Å²) >= 11 is 0. The molecule has 0 fully saturated rings. The molecule has 122 valence electrons. The van der Waals surface area contributed by atoms with Crippen molar-refractivity contribution in [1.29, 1.82) is 0 Å². The average molecular weight is 308 g/mol. The van der Waals surface area contributed by atoms with Crippen LogP contribution in [0.5, 0.6) is 0 Å². The summed E-state index contributed by atoms with van der Waals surface area (Å²) in [6.45, 7) is 4.97. The number of rotatable bonds is 8. The highest BCUT2D eigenvalue weighted by Crippen LogP contribution is 2.01. The number of carbonyl (C=O) groups excluding carboxylic acids is 2. The van der Waals surface area contributed by atoms with Crippen molar-refractivity contribution in [2.75, 3.05) is 26.3 Å². The van der Waals surface area contributed by atoms with Gasteiger partial charge in [-0.3, -0.25) is 4.79 Å². The molecular weight excluding hydrogens is 284 g/mol. The number of nitrogens with two attached hydrogens (primary N) is 1. The molecule has 6 nitrogen and oxygen atoms in total. The third kappa shape index (κ3) is 6.69. The Bertz CT molecular complexity index is 462. The van der Waals surface area contributed by atoms with E-state index < -0.39 is 11.9 Å². The van der Waals surface area contributed by atoms with E-state index in [1.54, 1.807) is 13.8 Å². The Morgan fingerprint density at radius 2 is 1.95 bits per heavy atom. The molecule has 6 heteroatoms. The molecular formula is C16H24N2O4. The zero-order valence-corrected chi connectivity index (χ0v) is 13.2. The molecule has 1 amide bonds. The fraction of sp³-hybridized carbons (Fsp3) is 0.500. The minimum atomic E-state index is -0.855. The van der Waals surface area contributed by atoms with E-state index in [-0.39, 0.29) is 19.2 Å². The highest BCUT2D eigenvalue weighted by Gasteiger charge is 2.23. The van der Waals surface area contributed by atoms with Crippen LogP contribution in [0.3, 0.4) is 0 Å². The van der Waals surface area contributed by atoms with Gasteiger partial charge in [0.25, 0.3) is 0 Å². The number of nitrogens with zero attached hydrogens (tertiary/aromatic N) is 1. The van der Waals surface area contributed by atoms with Crippen LogP contribution in [0.15, 0.2) is 30.3 Å². The van der Waals surface area contributed by atoms with Gasteiger partial charge in [-0.1, -0.05) is 30.3 Å². The molecule has 22 heavy (non-hydrogen) atoms. The van der Waals surface area contributed by atoms with Crippen LogP contribution in [-0.2, 0) is 25.7 Å². The number of hydrogen-bond acceptors (Lipinski definition) is 5. The van der Waals surface area contributed by atoms with Crippen molar-refractivity contribution in [2.45, 2.75) is 26.5 Å². The molecule has 0 bridgehead atoms. The second kappa shape index (κ2) is 9.92. The fourth-order valence-electron chi connectivity index (χ4n) is 1.88. The standard InChI is InChI=1S/C16H24N2O4/c1-3-22-16(20)15(19)18(11-13(2)17)9-10-21-12-14-7-5-4-6-8-14/h4-8,13H,3,9-12,17H2,1-2H3/t13-/m0/s1. The maximum Gasteiger partial charge on any atom is 0.397 e. The van der Waals surface area contributed by atoms with Gasteiger partial charge in [0, 0.05) is 19.1 Å². The van der Waals surface area contributed by atoms with Crippen LogP contribution in [0, 0.1) is 0 Å². The van der Waals surface area contributed by atoms with Gasteiger partial charge in [0.15, 0.2) is 0 Å². The first-order chi connectivity index (χ1) is 10.5. The van der Waals surface area contributed by atoms with Crippen LogP contribution in [-0.4, -0.2) is 49.1 Å². The largest absolute Gasteiger partial charge is 0.459 e. The molecule has 0 aliphatic carbocycles. The van der Waals surface area contributed by atoms with E-state index in [1.165, 1.54) is 4.90 Å². The Balaban J connectivity index is 2.44. The van der Waals surface area contributed by atoms with Gasteiger partial charge in [-0.05, 0) is 19.4 Å². The lowest BCUT2D eigenvalue weighted by atomic mass is 10.2. The van der Waals surface area contributed by atoms with Crippen molar-refractivity contribution < 1.29 is 19.1 Å². The number of hydrogen-bond donors (Lipinski definition) is 1. The maximum absolute atomic E-state index is 12.0. The van der Waals surface area contributed by atoms with Crippen molar-refractivity contribution in [3.63, 3.8) is 0 Å². The number of esters is 1. The van der Waals surface area contributed by atoms with Crippen LogP contribution in [0.2, 0.25) is 0 Å². The third-order valence-electron chi connectivity index (χ3n) is 2.86. The van der Waals surface area contributed by atoms with Crippen molar-refractivity contribution in [3.8, 4) is 0 Å². The summed E-state index contributed by atoms with van der Waals surface area (Å²) in [5.74, 6) is -1.53. The topological polar surface area (TPSA) is 81.9 Å². The summed E-state index contributed by atoms with van der Waals surface area (Å²) < 4.78 is 10.3. The second-order valence-corrected chi connectivity index (χ2v) is 4.99. The van der Waals surface area contributed by atoms with E-state index in [2.05, 4.69) is 0 Å². The van der Waals surface area contributed by atoms with Crippen LogP contribution < -0.4 is 5.73 Å². The van der Waals surface area contributed by atoms with Crippen molar-refractivity contribution in [1.82, 2.24) is 4.90 Å².